The van der Waals surface area contributed by atoms with E-state index >= 15 is 0 Å². The van der Waals surface area contributed by atoms with Crippen molar-refractivity contribution in [3.05, 3.63) is 0 Å². The van der Waals surface area contributed by atoms with E-state index in [1.54, 1.807) is 0 Å². The normalized spacial score (nSPS) is 27.2. The molecule has 1 N–H and O–H groups in total. The molecule has 2 nitrogen and oxygen atoms in total. The summed E-state index contributed by atoms with van der Waals surface area (Å²) < 4.78 is 0. The molecule has 19 heavy (non-hydrogen) atoms. The van der Waals surface area contributed by atoms with Crippen molar-refractivity contribution in [2.45, 2.75) is 79.3 Å². The van der Waals surface area contributed by atoms with Crippen molar-refractivity contribution in [2.75, 3.05) is 19.6 Å². The summed E-state index contributed by atoms with van der Waals surface area (Å²) in [5, 5.41) is 3.78. The van der Waals surface area contributed by atoms with Crippen LogP contribution in [0.2, 0.25) is 0 Å². The summed E-state index contributed by atoms with van der Waals surface area (Å²) in [6.07, 6.45) is 5.43. The van der Waals surface area contributed by atoms with Crippen molar-refractivity contribution in [2.24, 2.45) is 11.3 Å². The molecule has 0 aromatic heterocycles. The predicted octanol–water partition coefficient (Wildman–Crippen LogP) is 3.91. The first-order valence-electron chi connectivity index (χ1n) is 8.39. The van der Waals surface area contributed by atoms with E-state index in [9.17, 15) is 0 Å². The van der Waals surface area contributed by atoms with Gasteiger partial charge in [-0.25, -0.2) is 0 Å². The third kappa shape index (κ3) is 4.75. The molecule has 0 radical (unpaired) electrons. The lowest BCUT2D eigenvalue weighted by atomic mass is 9.67. The van der Waals surface area contributed by atoms with Gasteiger partial charge in [-0.1, -0.05) is 34.1 Å². The number of nitrogens with one attached hydrogen (secondary N) is 1. The molecule has 0 bridgehead atoms. The zero-order chi connectivity index (χ0) is 14.5. The molecule has 114 valence electrons. The minimum absolute atomic E-state index is 0.452. The maximum Gasteiger partial charge on any atom is 0.0159 e. The maximum absolute atomic E-state index is 3.78. The highest BCUT2D eigenvalue weighted by atomic mass is 15.2. The number of hydrogen-bond donors (Lipinski definition) is 1. The highest BCUT2D eigenvalue weighted by Gasteiger charge is 2.38. The molecule has 0 heterocycles. The molecule has 2 unspecified atom stereocenters. The largest absolute Gasteiger partial charge is 0.313 e. The summed E-state index contributed by atoms with van der Waals surface area (Å²) in [5.74, 6) is 0.817. The van der Waals surface area contributed by atoms with Crippen LogP contribution in [0.3, 0.4) is 0 Å². The highest BCUT2D eigenvalue weighted by molar-refractivity contribution is 4.94. The van der Waals surface area contributed by atoms with E-state index in [0.717, 1.165) is 12.5 Å². The third-order valence-electron chi connectivity index (χ3n) is 4.84. The summed E-state index contributed by atoms with van der Waals surface area (Å²) in [7, 11) is 0. The van der Waals surface area contributed by atoms with Crippen molar-refractivity contribution in [1.82, 2.24) is 10.2 Å². The van der Waals surface area contributed by atoms with E-state index in [4.69, 9.17) is 0 Å². The highest BCUT2D eigenvalue weighted by Crippen LogP contribution is 2.39. The topological polar surface area (TPSA) is 15.3 Å². The van der Waals surface area contributed by atoms with Gasteiger partial charge >= 0.3 is 0 Å². The van der Waals surface area contributed by atoms with E-state index in [1.807, 2.05) is 0 Å². The lowest BCUT2D eigenvalue weighted by Gasteiger charge is -2.46. The molecule has 1 rings (SSSR count). The SMILES string of the molecule is CCCN(CC1CCCC(C)(C)C1NCC)C(C)C. The standard InChI is InChI=1S/C17H36N2/c1-7-12-19(14(3)4)13-15-10-9-11-17(5,6)16(15)18-8-2/h14-16,18H,7-13H2,1-6H3. The van der Waals surface area contributed by atoms with Gasteiger partial charge in [0.05, 0.1) is 0 Å². The minimum atomic E-state index is 0.452. The molecule has 0 aromatic carbocycles. The Kier molecular flexibility index (Phi) is 6.82. The summed E-state index contributed by atoms with van der Waals surface area (Å²) in [6.45, 7) is 17.7. The fourth-order valence-corrected chi connectivity index (χ4v) is 3.79. The van der Waals surface area contributed by atoms with Crippen LogP contribution in [-0.2, 0) is 0 Å². The first-order valence-corrected chi connectivity index (χ1v) is 8.39. The van der Waals surface area contributed by atoms with E-state index in [1.165, 1.54) is 38.8 Å². The Hall–Kier alpha value is -0.0800. The molecule has 1 fully saturated rings. The van der Waals surface area contributed by atoms with Gasteiger partial charge in [0.25, 0.3) is 0 Å². The molecule has 1 aliphatic carbocycles. The average molecular weight is 268 g/mol. The zero-order valence-electron chi connectivity index (χ0n) is 14.1. The van der Waals surface area contributed by atoms with Gasteiger partial charge in [-0.15, -0.1) is 0 Å². The van der Waals surface area contributed by atoms with Gasteiger partial charge < -0.3 is 10.2 Å². The van der Waals surface area contributed by atoms with Crippen LogP contribution in [0.15, 0.2) is 0 Å². The average Bonchev–Trinajstić information content (AvgIpc) is 2.32. The second-order valence-electron chi connectivity index (χ2n) is 7.26. The molecule has 0 aromatic rings. The Morgan fingerprint density at radius 3 is 2.47 bits per heavy atom. The quantitative estimate of drug-likeness (QED) is 0.753. The number of nitrogens with zero attached hydrogens (tertiary/aromatic N) is 1. The van der Waals surface area contributed by atoms with Crippen LogP contribution < -0.4 is 5.32 Å². The number of rotatable bonds is 7. The first-order chi connectivity index (χ1) is 8.92. The van der Waals surface area contributed by atoms with Crippen LogP contribution >= 0.6 is 0 Å². The smallest absolute Gasteiger partial charge is 0.0159 e. The lowest BCUT2D eigenvalue weighted by molar-refractivity contribution is 0.0702. The Bertz CT molecular complexity index is 248. The Morgan fingerprint density at radius 2 is 1.95 bits per heavy atom. The van der Waals surface area contributed by atoms with Gasteiger partial charge in [0, 0.05) is 18.6 Å². The second kappa shape index (κ2) is 7.64. The molecule has 2 atom stereocenters. The van der Waals surface area contributed by atoms with E-state index in [2.05, 4.69) is 51.8 Å². The fourth-order valence-electron chi connectivity index (χ4n) is 3.79. The predicted molar refractivity (Wildman–Crippen MR) is 85.6 cm³/mol. The summed E-state index contributed by atoms with van der Waals surface area (Å²) >= 11 is 0. The summed E-state index contributed by atoms with van der Waals surface area (Å²) in [6, 6.07) is 1.36. The third-order valence-corrected chi connectivity index (χ3v) is 4.84. The van der Waals surface area contributed by atoms with Gasteiger partial charge in [0.1, 0.15) is 0 Å². The fraction of sp³-hybridized carbons (Fsp3) is 1.00. The van der Waals surface area contributed by atoms with E-state index < -0.39 is 0 Å². The van der Waals surface area contributed by atoms with Gasteiger partial charge in [-0.3, -0.25) is 0 Å². The maximum atomic E-state index is 3.78. The summed E-state index contributed by atoms with van der Waals surface area (Å²) in [5.41, 5.74) is 0.452. The van der Waals surface area contributed by atoms with Gasteiger partial charge in [0.2, 0.25) is 0 Å². The Morgan fingerprint density at radius 1 is 1.26 bits per heavy atom. The zero-order valence-corrected chi connectivity index (χ0v) is 14.1. The van der Waals surface area contributed by atoms with Crippen LogP contribution in [0.1, 0.15) is 67.2 Å². The van der Waals surface area contributed by atoms with Crippen molar-refractivity contribution < 1.29 is 0 Å². The number of hydrogen-bond acceptors (Lipinski definition) is 2. The van der Waals surface area contributed by atoms with Crippen LogP contribution in [0.5, 0.6) is 0 Å². The van der Waals surface area contributed by atoms with Crippen molar-refractivity contribution in [3.8, 4) is 0 Å². The van der Waals surface area contributed by atoms with Gasteiger partial charge in [-0.05, 0) is 57.5 Å². The van der Waals surface area contributed by atoms with E-state index in [0.29, 0.717) is 17.5 Å². The molecule has 2 heteroatoms. The van der Waals surface area contributed by atoms with E-state index in [-0.39, 0.29) is 0 Å². The first kappa shape index (κ1) is 17.0. The summed E-state index contributed by atoms with van der Waals surface area (Å²) in [4.78, 5) is 2.68. The molecule has 1 aliphatic rings. The van der Waals surface area contributed by atoms with Crippen molar-refractivity contribution in [1.29, 1.82) is 0 Å². The molecular formula is C17H36N2. The monoisotopic (exact) mass is 268 g/mol. The van der Waals surface area contributed by atoms with Gasteiger partial charge in [0.15, 0.2) is 0 Å². The van der Waals surface area contributed by atoms with Crippen molar-refractivity contribution in [3.63, 3.8) is 0 Å². The molecule has 1 saturated carbocycles. The Labute approximate surface area is 121 Å². The van der Waals surface area contributed by atoms with Crippen LogP contribution in [0.25, 0.3) is 0 Å². The molecule has 0 saturated heterocycles. The molecule has 0 amide bonds. The minimum Gasteiger partial charge on any atom is -0.313 e. The van der Waals surface area contributed by atoms with Crippen molar-refractivity contribution >= 4 is 0 Å². The van der Waals surface area contributed by atoms with Crippen LogP contribution in [-0.4, -0.2) is 36.6 Å². The molecule has 0 spiro atoms. The lowest BCUT2D eigenvalue weighted by Crippen LogP contribution is -2.53. The van der Waals surface area contributed by atoms with Crippen LogP contribution in [0, 0.1) is 11.3 Å². The second-order valence-corrected chi connectivity index (χ2v) is 7.26. The van der Waals surface area contributed by atoms with Crippen LogP contribution in [0.4, 0.5) is 0 Å². The van der Waals surface area contributed by atoms with Gasteiger partial charge in [-0.2, -0.15) is 0 Å². The molecule has 0 aliphatic heterocycles. The Balaban J connectivity index is 2.71. The molecular weight excluding hydrogens is 232 g/mol.